The highest BCUT2D eigenvalue weighted by Gasteiger charge is 2.49. The third-order valence-electron chi connectivity index (χ3n) is 11.5. The molecule has 4 aliphatic rings. The Hall–Kier alpha value is -2.52. The second-order valence-electron chi connectivity index (χ2n) is 15.1. The zero-order chi connectivity index (χ0) is 32.0. The summed E-state index contributed by atoms with van der Waals surface area (Å²) in [5.74, 6) is 1.88. The molecular weight excluding hydrogens is 593 g/mol. The van der Waals surface area contributed by atoms with E-state index in [0.29, 0.717) is 43.2 Å². The van der Waals surface area contributed by atoms with Crippen LogP contribution in [0.4, 0.5) is 0 Å². The summed E-state index contributed by atoms with van der Waals surface area (Å²) in [6.45, 7) is 16.9. The van der Waals surface area contributed by atoms with Crippen molar-refractivity contribution in [3.63, 3.8) is 0 Å². The number of carbonyl (C=O) groups is 2. The Balaban J connectivity index is 1.06. The molecule has 1 N–H and O–H groups in total. The lowest BCUT2D eigenvalue weighted by molar-refractivity contribution is -0.135. The number of hydrogen-bond donors (Lipinski definition) is 1. The number of Topliss-reactive ketones (excluding diaryl/α,β-unsaturated/α-hetero) is 1. The molecule has 7 nitrogen and oxygen atoms in total. The number of H-pyrrole nitrogens is 1. The van der Waals surface area contributed by atoms with Crippen LogP contribution >= 0.6 is 11.3 Å². The van der Waals surface area contributed by atoms with Gasteiger partial charge in [0.2, 0.25) is 5.91 Å². The summed E-state index contributed by atoms with van der Waals surface area (Å²) in [6.07, 6.45) is 7.33. The van der Waals surface area contributed by atoms with Gasteiger partial charge in [0.1, 0.15) is 4.83 Å². The number of carbonyl (C=O) groups excluding carboxylic acids is 2. The molecule has 1 aromatic carbocycles. The molecule has 8 heteroatoms. The fourth-order valence-corrected chi connectivity index (χ4v) is 9.91. The number of ketones is 1. The van der Waals surface area contributed by atoms with Crippen molar-refractivity contribution in [3.8, 4) is 11.3 Å². The van der Waals surface area contributed by atoms with Gasteiger partial charge in [-0.05, 0) is 134 Å². The van der Waals surface area contributed by atoms with Gasteiger partial charge >= 0.3 is 0 Å². The maximum absolute atomic E-state index is 14.0. The Morgan fingerprint density at radius 2 is 1.63 bits per heavy atom. The van der Waals surface area contributed by atoms with Crippen LogP contribution in [0.5, 0.6) is 0 Å². The second kappa shape index (κ2) is 13.2. The molecule has 4 saturated heterocycles. The van der Waals surface area contributed by atoms with E-state index >= 15 is 0 Å². The maximum atomic E-state index is 14.0. The summed E-state index contributed by atoms with van der Waals surface area (Å²) in [5.41, 5.74) is 5.94. The Bertz CT molecular complexity index is 1540. The number of ether oxygens (including phenoxy) is 1. The Morgan fingerprint density at radius 1 is 0.935 bits per heavy atom. The number of piperidine rings is 2. The first-order chi connectivity index (χ1) is 22.2. The monoisotopic (exact) mass is 644 g/mol. The van der Waals surface area contributed by atoms with Gasteiger partial charge in [0.15, 0.2) is 5.78 Å². The Labute approximate surface area is 278 Å². The van der Waals surface area contributed by atoms with E-state index in [1.54, 1.807) is 11.3 Å². The molecule has 0 radical (unpaired) electrons. The average Bonchev–Trinajstić information content (AvgIpc) is 3.83. The van der Waals surface area contributed by atoms with E-state index in [1.165, 1.54) is 68.7 Å². The summed E-state index contributed by atoms with van der Waals surface area (Å²) in [6, 6.07) is 9.29. The molecule has 0 aliphatic carbocycles. The number of aromatic amines is 1. The molecule has 2 aromatic heterocycles. The van der Waals surface area contributed by atoms with Crippen LogP contribution in [0.3, 0.4) is 0 Å². The summed E-state index contributed by atoms with van der Waals surface area (Å²) >= 11 is 1.79. The average molecular weight is 645 g/mol. The standard InChI is InChI=1S/C38H52N4O3S/c1-25-21-26(2)23-29(22-25)34-30(11-14-40-12-7-27(8-13-40)5-6-33(43)41-17-19-45-20-18-41)31-24-32(46-37(31)39-34)38(3,4)36(44)35-28-9-15-42(35)16-10-28/h21-24,27-28,35,39H,5-20H2,1-4H3. The number of nitrogens with zero attached hydrogens (tertiary/aromatic N) is 3. The first kappa shape index (κ1) is 32.0. The number of rotatable bonds is 10. The molecule has 4 fully saturated rings. The van der Waals surface area contributed by atoms with Gasteiger partial charge in [-0.15, -0.1) is 11.3 Å². The number of fused-ring (bicyclic) bond motifs is 3. The molecule has 1 unspecified atom stereocenters. The quantitative estimate of drug-likeness (QED) is 0.279. The summed E-state index contributed by atoms with van der Waals surface area (Å²) in [7, 11) is 0. The number of aryl methyl sites for hydroxylation is 2. The number of aromatic nitrogens is 1. The summed E-state index contributed by atoms with van der Waals surface area (Å²) < 4.78 is 5.41. The number of nitrogens with one attached hydrogen (secondary N) is 1. The predicted octanol–water partition coefficient (Wildman–Crippen LogP) is 6.35. The predicted molar refractivity (Wildman–Crippen MR) is 187 cm³/mol. The van der Waals surface area contributed by atoms with Crippen molar-refractivity contribution in [3.05, 3.63) is 45.8 Å². The zero-order valence-electron chi connectivity index (χ0n) is 28.3. The van der Waals surface area contributed by atoms with Crippen LogP contribution in [0.15, 0.2) is 24.3 Å². The molecule has 1 amide bonds. The van der Waals surface area contributed by atoms with Crippen molar-refractivity contribution < 1.29 is 14.3 Å². The Kier molecular flexibility index (Phi) is 9.18. The van der Waals surface area contributed by atoms with Crippen LogP contribution in [0.25, 0.3) is 21.5 Å². The van der Waals surface area contributed by atoms with Crippen LogP contribution in [0.2, 0.25) is 0 Å². The minimum atomic E-state index is -0.497. The van der Waals surface area contributed by atoms with Crippen LogP contribution in [-0.4, -0.2) is 96.4 Å². The first-order valence-corrected chi connectivity index (χ1v) is 18.6. The van der Waals surface area contributed by atoms with Crippen molar-refractivity contribution >= 4 is 33.2 Å². The third-order valence-corrected chi connectivity index (χ3v) is 12.9. The van der Waals surface area contributed by atoms with Crippen molar-refractivity contribution in [2.24, 2.45) is 11.8 Å². The third kappa shape index (κ3) is 6.35. The molecule has 1 atom stereocenters. The van der Waals surface area contributed by atoms with Crippen LogP contribution in [-0.2, 0) is 26.2 Å². The van der Waals surface area contributed by atoms with E-state index in [9.17, 15) is 9.59 Å². The van der Waals surface area contributed by atoms with E-state index in [2.05, 4.69) is 66.7 Å². The highest BCUT2D eigenvalue weighted by molar-refractivity contribution is 7.19. The van der Waals surface area contributed by atoms with E-state index in [4.69, 9.17) is 4.74 Å². The van der Waals surface area contributed by atoms with Crippen molar-refractivity contribution in [2.75, 3.05) is 59.0 Å². The lowest BCUT2D eigenvalue weighted by Gasteiger charge is -2.32. The smallest absolute Gasteiger partial charge is 0.222 e. The molecule has 3 aromatic rings. The molecule has 248 valence electrons. The van der Waals surface area contributed by atoms with Crippen LogP contribution < -0.4 is 0 Å². The van der Waals surface area contributed by atoms with Crippen LogP contribution in [0, 0.1) is 25.7 Å². The summed E-state index contributed by atoms with van der Waals surface area (Å²) in [5, 5.41) is 1.29. The van der Waals surface area contributed by atoms with Gasteiger partial charge in [-0.25, -0.2) is 0 Å². The normalized spacial score (nSPS) is 24.3. The molecule has 6 heterocycles. The summed E-state index contributed by atoms with van der Waals surface area (Å²) in [4.78, 5) is 40.0. The van der Waals surface area contributed by atoms with E-state index in [1.807, 2.05) is 4.90 Å². The van der Waals surface area contributed by atoms with Gasteiger partial charge in [0.25, 0.3) is 0 Å². The highest BCUT2D eigenvalue weighted by Crippen LogP contribution is 2.44. The number of hydrogen-bond acceptors (Lipinski definition) is 6. The highest BCUT2D eigenvalue weighted by atomic mass is 32.1. The number of amides is 1. The Morgan fingerprint density at radius 3 is 2.28 bits per heavy atom. The van der Waals surface area contributed by atoms with E-state index in [-0.39, 0.29) is 6.04 Å². The van der Waals surface area contributed by atoms with E-state index in [0.717, 1.165) is 58.7 Å². The molecule has 0 spiro atoms. The SMILES string of the molecule is Cc1cc(C)cc(-c2[nH]c3sc(C(C)(C)C(=O)C4C5CCN4CC5)cc3c2CCN2CCC(CCC(=O)N3CCOCC3)CC2)c1. The lowest BCUT2D eigenvalue weighted by atomic mass is 9.79. The number of morpholine rings is 1. The minimum Gasteiger partial charge on any atom is -0.378 e. The maximum Gasteiger partial charge on any atom is 0.222 e. The second-order valence-corrected chi connectivity index (χ2v) is 16.1. The fraction of sp³-hybridized carbons (Fsp3) is 0.632. The van der Waals surface area contributed by atoms with Crippen molar-refractivity contribution in [1.29, 1.82) is 0 Å². The number of likely N-dealkylation sites (tertiary alicyclic amines) is 1. The topological polar surface area (TPSA) is 68.9 Å². The van der Waals surface area contributed by atoms with Crippen molar-refractivity contribution in [1.82, 2.24) is 19.7 Å². The molecule has 7 rings (SSSR count). The van der Waals surface area contributed by atoms with Gasteiger partial charge in [0.05, 0.1) is 30.4 Å². The molecule has 0 saturated carbocycles. The van der Waals surface area contributed by atoms with Gasteiger partial charge < -0.3 is 19.5 Å². The minimum absolute atomic E-state index is 0.0983. The van der Waals surface area contributed by atoms with Gasteiger partial charge in [0, 0.05) is 36.3 Å². The zero-order valence-corrected chi connectivity index (χ0v) is 29.1. The number of benzene rings is 1. The van der Waals surface area contributed by atoms with Gasteiger partial charge in [-0.2, -0.15) is 0 Å². The number of thiophene rings is 1. The van der Waals surface area contributed by atoms with Crippen molar-refractivity contribution in [2.45, 2.75) is 84.1 Å². The van der Waals surface area contributed by atoms with E-state index < -0.39 is 5.41 Å². The molecule has 2 bridgehead atoms. The molecule has 46 heavy (non-hydrogen) atoms. The fourth-order valence-electron chi connectivity index (χ4n) is 8.71. The molecule has 4 aliphatic heterocycles. The lowest BCUT2D eigenvalue weighted by Crippen LogP contribution is -2.43. The van der Waals surface area contributed by atoms with Crippen LogP contribution in [0.1, 0.15) is 73.9 Å². The molecular formula is C38H52N4O3S. The van der Waals surface area contributed by atoms with Gasteiger partial charge in [-0.1, -0.05) is 17.2 Å². The largest absolute Gasteiger partial charge is 0.378 e. The van der Waals surface area contributed by atoms with Gasteiger partial charge in [-0.3, -0.25) is 14.5 Å². The first-order valence-electron chi connectivity index (χ1n) is 17.8.